The Bertz CT molecular complexity index is 462. The molecule has 17 heavy (non-hydrogen) atoms. The van der Waals surface area contributed by atoms with E-state index >= 15 is 0 Å². The van der Waals surface area contributed by atoms with Crippen molar-refractivity contribution in [1.29, 1.82) is 0 Å². The molecule has 1 aliphatic rings. The number of amides is 3. The van der Waals surface area contributed by atoms with Crippen molar-refractivity contribution in [2.75, 3.05) is 11.4 Å². The quantitative estimate of drug-likeness (QED) is 0.805. The maximum absolute atomic E-state index is 11.8. The summed E-state index contributed by atoms with van der Waals surface area (Å²) in [7, 11) is 0. The highest BCUT2D eigenvalue weighted by atomic mass is 16.2. The van der Waals surface area contributed by atoms with E-state index in [0.717, 1.165) is 16.8 Å². The van der Waals surface area contributed by atoms with Crippen LogP contribution in [0.3, 0.4) is 0 Å². The molecule has 1 aromatic rings. The third kappa shape index (κ3) is 2.02. The highest BCUT2D eigenvalue weighted by Gasteiger charge is 2.31. The number of para-hydroxylation sites is 1. The first-order chi connectivity index (χ1) is 8.00. The molecule has 1 heterocycles. The van der Waals surface area contributed by atoms with Gasteiger partial charge in [-0.2, -0.15) is 0 Å². The number of rotatable bonds is 1. The Morgan fingerprint density at radius 3 is 2.41 bits per heavy atom. The summed E-state index contributed by atoms with van der Waals surface area (Å²) in [5.41, 5.74) is 2.99. The molecule has 0 spiro atoms. The van der Waals surface area contributed by atoms with Crippen LogP contribution in [0.25, 0.3) is 0 Å². The highest BCUT2D eigenvalue weighted by Crippen LogP contribution is 2.26. The minimum atomic E-state index is -0.328. The summed E-state index contributed by atoms with van der Waals surface area (Å²) >= 11 is 0. The van der Waals surface area contributed by atoms with E-state index in [-0.39, 0.29) is 17.9 Å². The molecule has 1 atom stereocenters. The predicted molar refractivity (Wildman–Crippen MR) is 66.0 cm³/mol. The fourth-order valence-electron chi connectivity index (χ4n) is 2.16. The third-order valence-electron chi connectivity index (χ3n) is 3.09. The van der Waals surface area contributed by atoms with E-state index in [0.29, 0.717) is 6.54 Å². The molecule has 0 saturated carbocycles. The monoisotopic (exact) mass is 232 g/mol. The van der Waals surface area contributed by atoms with Gasteiger partial charge in [0.25, 0.3) is 0 Å². The zero-order valence-electron chi connectivity index (χ0n) is 10.3. The Hall–Kier alpha value is -1.84. The molecule has 0 aliphatic carbocycles. The summed E-state index contributed by atoms with van der Waals surface area (Å²) in [6, 6.07) is 5.57. The minimum Gasteiger partial charge on any atom is -0.293 e. The van der Waals surface area contributed by atoms with Crippen LogP contribution in [0, 0.1) is 19.8 Å². The van der Waals surface area contributed by atoms with Crippen LogP contribution in [0.4, 0.5) is 10.5 Å². The minimum absolute atomic E-state index is 0.174. The molecule has 1 aromatic carbocycles. The fraction of sp³-hybridized carbons (Fsp3) is 0.385. The number of aryl methyl sites for hydroxylation is 2. The molecule has 1 N–H and O–H groups in total. The lowest BCUT2D eigenvalue weighted by molar-refractivity contribution is -0.123. The molecule has 90 valence electrons. The maximum atomic E-state index is 11.8. The van der Waals surface area contributed by atoms with Gasteiger partial charge in [0.15, 0.2) is 0 Å². The van der Waals surface area contributed by atoms with Crippen molar-refractivity contribution < 1.29 is 9.59 Å². The maximum Gasteiger partial charge on any atom is 0.328 e. The average molecular weight is 232 g/mol. The van der Waals surface area contributed by atoms with Crippen LogP contribution in [0.1, 0.15) is 18.1 Å². The van der Waals surface area contributed by atoms with E-state index < -0.39 is 0 Å². The molecule has 0 radical (unpaired) electrons. The van der Waals surface area contributed by atoms with Gasteiger partial charge in [0.05, 0.1) is 11.6 Å². The summed E-state index contributed by atoms with van der Waals surface area (Å²) in [6.45, 7) is 6.20. The largest absolute Gasteiger partial charge is 0.328 e. The smallest absolute Gasteiger partial charge is 0.293 e. The SMILES string of the molecule is Cc1cccc(C)c1N1CC(C)C(=O)NC1=O. The average Bonchev–Trinajstić information content (AvgIpc) is 2.25. The van der Waals surface area contributed by atoms with Crippen LogP contribution < -0.4 is 10.2 Å². The molecule has 0 bridgehead atoms. The summed E-state index contributed by atoms with van der Waals surface area (Å²) in [5, 5.41) is 2.38. The van der Waals surface area contributed by atoms with Crippen molar-refractivity contribution >= 4 is 17.6 Å². The molecule has 1 saturated heterocycles. The van der Waals surface area contributed by atoms with Gasteiger partial charge in [-0.1, -0.05) is 25.1 Å². The molecule has 4 heteroatoms. The predicted octanol–water partition coefficient (Wildman–Crippen LogP) is 2.00. The Labute approximate surface area is 101 Å². The van der Waals surface area contributed by atoms with E-state index in [1.807, 2.05) is 39.0 Å². The van der Waals surface area contributed by atoms with Crippen LogP contribution in [-0.4, -0.2) is 18.5 Å². The topological polar surface area (TPSA) is 49.4 Å². The number of hydrogen-bond acceptors (Lipinski definition) is 2. The van der Waals surface area contributed by atoms with Gasteiger partial charge in [-0.05, 0) is 25.0 Å². The molecule has 1 unspecified atom stereocenters. The number of urea groups is 1. The fourth-order valence-corrected chi connectivity index (χ4v) is 2.16. The Balaban J connectivity index is 2.40. The van der Waals surface area contributed by atoms with Crippen LogP contribution in [0.2, 0.25) is 0 Å². The number of benzene rings is 1. The number of nitrogens with zero attached hydrogens (tertiary/aromatic N) is 1. The second kappa shape index (κ2) is 4.20. The zero-order chi connectivity index (χ0) is 12.6. The molecule has 2 rings (SSSR count). The van der Waals surface area contributed by atoms with Gasteiger partial charge in [-0.15, -0.1) is 0 Å². The van der Waals surface area contributed by atoms with Gasteiger partial charge < -0.3 is 0 Å². The van der Waals surface area contributed by atoms with Gasteiger partial charge in [-0.25, -0.2) is 4.79 Å². The van der Waals surface area contributed by atoms with E-state index in [9.17, 15) is 9.59 Å². The van der Waals surface area contributed by atoms with Gasteiger partial charge in [0.1, 0.15) is 0 Å². The van der Waals surface area contributed by atoms with Gasteiger partial charge in [0.2, 0.25) is 5.91 Å². The molecular formula is C13H16N2O2. The van der Waals surface area contributed by atoms with E-state index in [4.69, 9.17) is 0 Å². The van der Waals surface area contributed by atoms with E-state index in [2.05, 4.69) is 5.32 Å². The number of nitrogens with one attached hydrogen (secondary N) is 1. The number of anilines is 1. The molecule has 4 nitrogen and oxygen atoms in total. The Morgan fingerprint density at radius 2 is 1.82 bits per heavy atom. The molecule has 0 aromatic heterocycles. The number of carbonyl (C=O) groups is 2. The first-order valence-corrected chi connectivity index (χ1v) is 5.69. The van der Waals surface area contributed by atoms with Crippen molar-refractivity contribution in [3.63, 3.8) is 0 Å². The number of hydrogen-bond donors (Lipinski definition) is 1. The van der Waals surface area contributed by atoms with Crippen LogP contribution >= 0.6 is 0 Å². The summed E-state index contributed by atoms with van der Waals surface area (Å²) in [4.78, 5) is 24.9. The number of carbonyl (C=O) groups excluding carboxylic acids is 2. The van der Waals surface area contributed by atoms with Crippen LogP contribution in [0.5, 0.6) is 0 Å². The first kappa shape index (κ1) is 11.6. The summed E-state index contributed by atoms with van der Waals surface area (Å²) in [5.74, 6) is -0.371. The van der Waals surface area contributed by atoms with Gasteiger partial charge >= 0.3 is 6.03 Å². The number of imide groups is 1. The van der Waals surface area contributed by atoms with Crippen LogP contribution in [-0.2, 0) is 4.79 Å². The summed E-state index contributed by atoms with van der Waals surface area (Å²) in [6.07, 6.45) is 0. The molecule has 1 aliphatic heterocycles. The third-order valence-corrected chi connectivity index (χ3v) is 3.09. The molecular weight excluding hydrogens is 216 g/mol. The van der Waals surface area contributed by atoms with Crippen molar-refractivity contribution in [3.05, 3.63) is 29.3 Å². The van der Waals surface area contributed by atoms with Crippen molar-refractivity contribution in [2.24, 2.45) is 5.92 Å². The van der Waals surface area contributed by atoms with Crippen molar-refractivity contribution in [2.45, 2.75) is 20.8 Å². The molecule has 1 fully saturated rings. The van der Waals surface area contributed by atoms with Crippen LogP contribution in [0.15, 0.2) is 18.2 Å². The lowest BCUT2D eigenvalue weighted by Gasteiger charge is -2.32. The second-order valence-electron chi connectivity index (χ2n) is 4.55. The van der Waals surface area contributed by atoms with E-state index in [1.54, 1.807) is 4.90 Å². The highest BCUT2D eigenvalue weighted by molar-refractivity contribution is 6.07. The first-order valence-electron chi connectivity index (χ1n) is 5.69. The second-order valence-corrected chi connectivity index (χ2v) is 4.55. The van der Waals surface area contributed by atoms with Crippen molar-refractivity contribution in [3.8, 4) is 0 Å². The standard InChI is InChI=1S/C13H16N2O2/c1-8-5-4-6-9(2)11(8)15-7-10(3)12(16)14-13(15)17/h4-6,10H,7H2,1-3H3,(H,14,16,17). The Morgan fingerprint density at radius 1 is 1.24 bits per heavy atom. The molecule has 3 amide bonds. The lowest BCUT2D eigenvalue weighted by Crippen LogP contribution is -2.54. The van der Waals surface area contributed by atoms with Gasteiger partial charge in [0, 0.05) is 6.54 Å². The Kier molecular flexibility index (Phi) is 2.88. The van der Waals surface area contributed by atoms with Crippen molar-refractivity contribution in [1.82, 2.24) is 5.32 Å². The lowest BCUT2D eigenvalue weighted by atomic mass is 10.0. The zero-order valence-corrected chi connectivity index (χ0v) is 10.3. The summed E-state index contributed by atoms with van der Waals surface area (Å²) < 4.78 is 0. The normalized spacial score (nSPS) is 20.4. The van der Waals surface area contributed by atoms with Gasteiger partial charge in [-0.3, -0.25) is 15.0 Å². The van der Waals surface area contributed by atoms with E-state index in [1.165, 1.54) is 0 Å².